The Bertz CT molecular complexity index is 220. The Morgan fingerprint density at radius 3 is 2.00 bits per heavy atom. The quantitative estimate of drug-likeness (QED) is 0.359. The van der Waals surface area contributed by atoms with Crippen LogP contribution in [-0.4, -0.2) is 40.6 Å². The number of aliphatic hydroxyl groups excluding tert-OH is 1. The molecular weight excluding hydrogens is 195 g/mol. The predicted molar refractivity (Wildman–Crippen MR) is 36.9 cm³/mol. The largest absolute Gasteiger partial charge is 1.00 e. The van der Waals surface area contributed by atoms with Crippen molar-refractivity contribution >= 4 is 10.1 Å². The summed E-state index contributed by atoms with van der Waals surface area (Å²) < 4.78 is 30.4. The van der Waals surface area contributed by atoms with Crippen molar-refractivity contribution in [3.63, 3.8) is 0 Å². The molecule has 0 rings (SSSR count). The Kier molecular flexibility index (Phi) is 6.25. The molecule has 0 saturated heterocycles. The Hall–Kier alpha value is 0.830. The van der Waals surface area contributed by atoms with Crippen LogP contribution in [0.1, 0.15) is 13.8 Å². The molecule has 0 fully saturated rings. The van der Waals surface area contributed by atoms with Gasteiger partial charge < -0.3 is 14.8 Å². The number of hydrogen-bond acceptors (Lipinski definition) is 5. The molecule has 68 valence electrons. The van der Waals surface area contributed by atoms with E-state index in [-0.39, 0.29) is 29.6 Å². The van der Waals surface area contributed by atoms with Crippen molar-refractivity contribution in [2.45, 2.75) is 25.6 Å². The maximum atomic E-state index is 10.1. The van der Waals surface area contributed by atoms with Crippen molar-refractivity contribution in [2.24, 2.45) is 0 Å². The molecule has 12 heavy (non-hydrogen) atoms. The molecule has 0 bridgehead atoms. The third-order valence-corrected chi connectivity index (χ3v) is 2.31. The number of aliphatic hydroxyl groups is 2. The summed E-state index contributed by atoms with van der Waals surface area (Å²) in [5.41, 5.74) is -1.86. The van der Waals surface area contributed by atoms with E-state index >= 15 is 0 Å². The molecule has 0 radical (unpaired) electrons. The van der Waals surface area contributed by atoms with Gasteiger partial charge in [-0.15, -0.1) is 0 Å². The van der Waals surface area contributed by atoms with Gasteiger partial charge in [0.05, 0.1) is 22.0 Å². The summed E-state index contributed by atoms with van der Waals surface area (Å²) in [7, 11) is -4.49. The normalized spacial score (nSPS) is 19.1. The van der Waals surface area contributed by atoms with E-state index in [0.717, 1.165) is 6.92 Å². The van der Waals surface area contributed by atoms with Crippen LogP contribution in [0.3, 0.4) is 0 Å². The second-order valence-corrected chi connectivity index (χ2v) is 4.14. The molecule has 0 aromatic carbocycles. The summed E-state index contributed by atoms with van der Waals surface area (Å²) in [5.74, 6) is -0.975. The Morgan fingerprint density at radius 2 is 1.92 bits per heavy atom. The smallest absolute Gasteiger partial charge is 0.748 e. The standard InChI is InChI=1S/C5H12O5S.Na/c1-4(6)5(2,7)3-11(8,9)10;/h4,6-7H,3H2,1-2H3,(H,8,9,10);/q;+1/p-1. The molecule has 7 heteroatoms. The second-order valence-electron chi connectivity index (χ2n) is 2.74. The summed E-state index contributed by atoms with van der Waals surface area (Å²) in [6.45, 7) is 2.30. The van der Waals surface area contributed by atoms with Gasteiger partial charge in [-0.25, -0.2) is 8.42 Å². The molecule has 0 heterocycles. The van der Waals surface area contributed by atoms with Crippen molar-refractivity contribution in [3.8, 4) is 0 Å². The average Bonchev–Trinajstić information content (AvgIpc) is 1.56. The van der Waals surface area contributed by atoms with Gasteiger partial charge in [0.15, 0.2) is 0 Å². The van der Waals surface area contributed by atoms with Gasteiger partial charge in [-0.1, -0.05) is 0 Å². The van der Waals surface area contributed by atoms with Gasteiger partial charge in [0.1, 0.15) is 5.60 Å². The second kappa shape index (κ2) is 4.90. The minimum absolute atomic E-state index is 0. The van der Waals surface area contributed by atoms with Gasteiger partial charge in [-0.3, -0.25) is 0 Å². The minimum Gasteiger partial charge on any atom is -0.748 e. The van der Waals surface area contributed by atoms with Crippen molar-refractivity contribution in [3.05, 3.63) is 0 Å². The zero-order chi connectivity index (χ0) is 9.28. The maximum absolute atomic E-state index is 10.1. The van der Waals surface area contributed by atoms with E-state index in [1.54, 1.807) is 0 Å². The maximum Gasteiger partial charge on any atom is 1.00 e. The van der Waals surface area contributed by atoms with Crippen LogP contribution >= 0.6 is 0 Å². The first kappa shape index (κ1) is 15.3. The van der Waals surface area contributed by atoms with Crippen LogP contribution < -0.4 is 29.6 Å². The Labute approximate surface area is 93.8 Å². The van der Waals surface area contributed by atoms with E-state index in [2.05, 4.69) is 0 Å². The van der Waals surface area contributed by atoms with Crippen LogP contribution in [-0.2, 0) is 10.1 Å². The van der Waals surface area contributed by atoms with Crippen LogP contribution in [0.25, 0.3) is 0 Å². The molecule has 0 aliphatic heterocycles. The van der Waals surface area contributed by atoms with Crippen molar-refractivity contribution in [1.82, 2.24) is 0 Å². The number of rotatable bonds is 3. The van der Waals surface area contributed by atoms with Crippen LogP contribution in [0.15, 0.2) is 0 Å². The molecule has 2 atom stereocenters. The fraction of sp³-hybridized carbons (Fsp3) is 1.00. The Balaban J connectivity index is 0. The summed E-state index contributed by atoms with van der Waals surface area (Å²) in [6, 6.07) is 0. The molecule has 2 unspecified atom stereocenters. The Morgan fingerprint density at radius 1 is 1.58 bits per heavy atom. The molecule has 0 aliphatic carbocycles. The SMILES string of the molecule is CC(O)C(C)(O)CS(=O)(=O)[O-].[Na+]. The van der Waals surface area contributed by atoms with Gasteiger partial charge in [0, 0.05) is 0 Å². The fourth-order valence-electron chi connectivity index (χ4n) is 0.478. The topological polar surface area (TPSA) is 97.7 Å². The molecule has 0 amide bonds. The van der Waals surface area contributed by atoms with Crippen LogP contribution in [0.5, 0.6) is 0 Å². The van der Waals surface area contributed by atoms with Gasteiger partial charge in [0.25, 0.3) is 0 Å². The van der Waals surface area contributed by atoms with Crippen LogP contribution in [0.2, 0.25) is 0 Å². The third kappa shape index (κ3) is 6.36. The fourth-order valence-corrected chi connectivity index (χ4v) is 1.44. The molecule has 0 saturated carbocycles. The van der Waals surface area contributed by atoms with E-state index in [1.165, 1.54) is 6.92 Å². The van der Waals surface area contributed by atoms with E-state index in [0.29, 0.717) is 0 Å². The van der Waals surface area contributed by atoms with Gasteiger partial charge in [-0.2, -0.15) is 0 Å². The zero-order valence-electron chi connectivity index (χ0n) is 7.31. The third-order valence-electron chi connectivity index (χ3n) is 1.37. The molecule has 0 spiro atoms. The van der Waals surface area contributed by atoms with Gasteiger partial charge >= 0.3 is 29.6 Å². The van der Waals surface area contributed by atoms with Gasteiger partial charge in [-0.05, 0) is 13.8 Å². The van der Waals surface area contributed by atoms with E-state index in [1.807, 2.05) is 0 Å². The van der Waals surface area contributed by atoms with Crippen molar-refractivity contribution in [2.75, 3.05) is 5.75 Å². The minimum atomic E-state index is -4.49. The van der Waals surface area contributed by atoms with Gasteiger partial charge in [0.2, 0.25) is 0 Å². The predicted octanol–water partition coefficient (Wildman–Crippen LogP) is -4.33. The summed E-state index contributed by atoms with van der Waals surface area (Å²) in [4.78, 5) is 0. The van der Waals surface area contributed by atoms with E-state index < -0.39 is 27.6 Å². The monoisotopic (exact) mass is 206 g/mol. The average molecular weight is 206 g/mol. The molecule has 2 N–H and O–H groups in total. The zero-order valence-corrected chi connectivity index (χ0v) is 10.1. The molecule has 0 aromatic rings. The first-order valence-electron chi connectivity index (χ1n) is 2.99. The number of hydrogen-bond donors (Lipinski definition) is 2. The first-order chi connectivity index (χ1) is 4.65. The molecule has 5 nitrogen and oxygen atoms in total. The van der Waals surface area contributed by atoms with E-state index in [4.69, 9.17) is 10.2 Å². The first-order valence-corrected chi connectivity index (χ1v) is 4.57. The summed E-state index contributed by atoms with van der Waals surface area (Å²) in [6.07, 6.45) is -1.24. The van der Waals surface area contributed by atoms with Crippen LogP contribution in [0.4, 0.5) is 0 Å². The summed E-state index contributed by atoms with van der Waals surface area (Å²) in [5, 5.41) is 17.9. The molecule has 0 aromatic heterocycles. The van der Waals surface area contributed by atoms with Crippen molar-refractivity contribution in [1.29, 1.82) is 0 Å². The summed E-state index contributed by atoms with van der Waals surface area (Å²) >= 11 is 0. The molecule has 0 aliphatic rings. The van der Waals surface area contributed by atoms with E-state index in [9.17, 15) is 13.0 Å². The van der Waals surface area contributed by atoms with Crippen molar-refractivity contribution < 1.29 is 52.7 Å². The molecular formula is C5H11NaO5S. The van der Waals surface area contributed by atoms with Crippen LogP contribution in [0, 0.1) is 0 Å².